The topological polar surface area (TPSA) is 3.24 Å². The van der Waals surface area contributed by atoms with E-state index in [-0.39, 0.29) is 0 Å². The number of nitrogens with zero attached hydrogens (tertiary/aromatic N) is 1. The number of hydrogen-bond acceptors (Lipinski definition) is 1. The van der Waals surface area contributed by atoms with Crippen LogP contribution in [0.1, 0.15) is 53.4 Å². The molecule has 1 heteroatoms. The van der Waals surface area contributed by atoms with Crippen molar-refractivity contribution in [2.75, 3.05) is 0 Å². The molecule has 1 saturated carbocycles. The molecule has 0 spiro atoms. The molecule has 0 aromatic heterocycles. The fraction of sp³-hybridized carbons (Fsp3) is 1.00. The molecule has 1 nitrogen and oxygen atoms in total. The molecule has 1 aliphatic heterocycles. The average molecular weight is 195 g/mol. The zero-order chi connectivity index (χ0) is 10.3. The molecule has 82 valence electrons. The van der Waals surface area contributed by atoms with E-state index in [4.69, 9.17) is 0 Å². The van der Waals surface area contributed by atoms with Gasteiger partial charge in [0.05, 0.1) is 0 Å². The van der Waals surface area contributed by atoms with E-state index in [0.717, 1.165) is 30.0 Å². The van der Waals surface area contributed by atoms with Crippen LogP contribution in [0.2, 0.25) is 0 Å². The molecule has 0 unspecified atom stereocenters. The summed E-state index contributed by atoms with van der Waals surface area (Å²) in [6, 6.07) is 2.54. The van der Waals surface area contributed by atoms with Crippen molar-refractivity contribution < 1.29 is 0 Å². The standard InChI is InChI=1S/C13H25N/c1-9(2)13-11-6-5-7-12(8-11)14(13)10(3)4/h9-13H,5-8H2,1-4H3/t11-,12+,13+/m0/s1. The molecule has 0 amide bonds. The van der Waals surface area contributed by atoms with Crippen LogP contribution in [-0.4, -0.2) is 23.0 Å². The van der Waals surface area contributed by atoms with Crippen molar-refractivity contribution in [1.29, 1.82) is 0 Å². The molecule has 2 aliphatic rings. The molecule has 1 aliphatic carbocycles. The van der Waals surface area contributed by atoms with Gasteiger partial charge in [-0.15, -0.1) is 0 Å². The minimum absolute atomic E-state index is 0.746. The molecular formula is C13H25N. The largest absolute Gasteiger partial charge is 0.295 e. The van der Waals surface area contributed by atoms with Gasteiger partial charge in [-0.25, -0.2) is 0 Å². The van der Waals surface area contributed by atoms with Crippen molar-refractivity contribution in [2.45, 2.75) is 71.5 Å². The van der Waals surface area contributed by atoms with E-state index in [0.29, 0.717) is 0 Å². The lowest BCUT2D eigenvalue weighted by molar-refractivity contribution is 0.112. The Kier molecular flexibility index (Phi) is 2.88. The van der Waals surface area contributed by atoms with E-state index in [1.165, 1.54) is 25.7 Å². The van der Waals surface area contributed by atoms with Gasteiger partial charge in [-0.3, -0.25) is 4.90 Å². The number of likely N-dealkylation sites (tertiary alicyclic amines) is 1. The third kappa shape index (κ3) is 1.60. The second-order valence-corrected chi connectivity index (χ2v) is 5.86. The maximum atomic E-state index is 2.82. The smallest absolute Gasteiger partial charge is 0.0153 e. The summed E-state index contributed by atoms with van der Waals surface area (Å²) in [5.74, 6) is 1.85. The quantitative estimate of drug-likeness (QED) is 0.653. The molecular weight excluding hydrogens is 170 g/mol. The molecule has 2 bridgehead atoms. The molecule has 0 N–H and O–H groups in total. The van der Waals surface area contributed by atoms with Gasteiger partial charge in [0.15, 0.2) is 0 Å². The third-order valence-electron chi connectivity index (χ3n) is 4.22. The first kappa shape index (κ1) is 10.5. The van der Waals surface area contributed by atoms with E-state index < -0.39 is 0 Å². The van der Waals surface area contributed by atoms with Gasteiger partial charge >= 0.3 is 0 Å². The number of hydrogen-bond donors (Lipinski definition) is 0. The lowest BCUT2D eigenvalue weighted by Crippen LogP contribution is -2.44. The van der Waals surface area contributed by atoms with Gasteiger partial charge < -0.3 is 0 Å². The highest BCUT2D eigenvalue weighted by molar-refractivity contribution is 4.99. The first-order chi connectivity index (χ1) is 6.61. The molecule has 3 atom stereocenters. The number of rotatable bonds is 2. The van der Waals surface area contributed by atoms with E-state index in [1.54, 1.807) is 0 Å². The van der Waals surface area contributed by atoms with Gasteiger partial charge in [-0.1, -0.05) is 20.3 Å². The fourth-order valence-electron chi connectivity index (χ4n) is 3.92. The van der Waals surface area contributed by atoms with Crippen LogP contribution in [-0.2, 0) is 0 Å². The Bertz CT molecular complexity index is 177. The predicted octanol–water partition coefficient (Wildman–Crippen LogP) is 3.29. The van der Waals surface area contributed by atoms with E-state index in [9.17, 15) is 0 Å². The maximum absolute atomic E-state index is 2.82. The normalized spacial score (nSPS) is 38.6. The van der Waals surface area contributed by atoms with Crippen LogP contribution < -0.4 is 0 Å². The van der Waals surface area contributed by atoms with Crippen molar-refractivity contribution in [2.24, 2.45) is 11.8 Å². The van der Waals surface area contributed by atoms with E-state index >= 15 is 0 Å². The predicted molar refractivity (Wildman–Crippen MR) is 61.3 cm³/mol. The Morgan fingerprint density at radius 3 is 2.36 bits per heavy atom. The maximum Gasteiger partial charge on any atom is 0.0153 e. The second-order valence-electron chi connectivity index (χ2n) is 5.86. The van der Waals surface area contributed by atoms with Crippen LogP contribution in [0.25, 0.3) is 0 Å². The van der Waals surface area contributed by atoms with E-state index in [2.05, 4.69) is 32.6 Å². The zero-order valence-electron chi connectivity index (χ0n) is 10.2. The highest BCUT2D eigenvalue weighted by Crippen LogP contribution is 2.43. The average Bonchev–Trinajstić information content (AvgIpc) is 2.37. The van der Waals surface area contributed by atoms with Gasteiger partial charge in [0, 0.05) is 18.1 Å². The highest BCUT2D eigenvalue weighted by Gasteiger charge is 2.45. The molecule has 1 saturated heterocycles. The van der Waals surface area contributed by atoms with Crippen molar-refractivity contribution in [3.8, 4) is 0 Å². The molecule has 2 rings (SSSR count). The van der Waals surface area contributed by atoms with Crippen LogP contribution in [0.3, 0.4) is 0 Å². The molecule has 1 heterocycles. The van der Waals surface area contributed by atoms with Gasteiger partial charge in [-0.05, 0) is 44.9 Å². The molecule has 14 heavy (non-hydrogen) atoms. The van der Waals surface area contributed by atoms with Gasteiger partial charge in [0.2, 0.25) is 0 Å². The Morgan fingerprint density at radius 1 is 1.07 bits per heavy atom. The third-order valence-corrected chi connectivity index (χ3v) is 4.22. The van der Waals surface area contributed by atoms with Gasteiger partial charge in [-0.2, -0.15) is 0 Å². The van der Waals surface area contributed by atoms with Crippen molar-refractivity contribution in [3.05, 3.63) is 0 Å². The lowest BCUT2D eigenvalue weighted by atomic mass is 9.83. The van der Waals surface area contributed by atoms with Crippen molar-refractivity contribution in [1.82, 2.24) is 4.90 Å². The molecule has 2 fully saturated rings. The van der Waals surface area contributed by atoms with Crippen LogP contribution in [0.15, 0.2) is 0 Å². The first-order valence-corrected chi connectivity index (χ1v) is 6.38. The van der Waals surface area contributed by atoms with Crippen LogP contribution >= 0.6 is 0 Å². The minimum Gasteiger partial charge on any atom is -0.295 e. The Balaban J connectivity index is 2.18. The summed E-state index contributed by atoms with van der Waals surface area (Å²) in [7, 11) is 0. The monoisotopic (exact) mass is 195 g/mol. The van der Waals surface area contributed by atoms with Gasteiger partial charge in [0.1, 0.15) is 0 Å². The zero-order valence-corrected chi connectivity index (χ0v) is 10.2. The second kappa shape index (κ2) is 3.84. The SMILES string of the molecule is CC(C)[C@@H]1[C@H]2CCC[C@H](C2)N1C(C)C. The van der Waals surface area contributed by atoms with Gasteiger partial charge in [0.25, 0.3) is 0 Å². The lowest BCUT2D eigenvalue weighted by Gasteiger charge is -2.35. The molecule has 0 aromatic rings. The Hall–Kier alpha value is -0.0400. The van der Waals surface area contributed by atoms with Crippen molar-refractivity contribution >= 4 is 0 Å². The fourth-order valence-corrected chi connectivity index (χ4v) is 3.92. The minimum atomic E-state index is 0.746. The summed E-state index contributed by atoms with van der Waals surface area (Å²) in [5.41, 5.74) is 0. The van der Waals surface area contributed by atoms with Crippen molar-refractivity contribution in [3.63, 3.8) is 0 Å². The first-order valence-electron chi connectivity index (χ1n) is 6.38. The summed E-state index contributed by atoms with van der Waals surface area (Å²) < 4.78 is 0. The summed E-state index contributed by atoms with van der Waals surface area (Å²) in [6.07, 6.45) is 5.91. The highest BCUT2D eigenvalue weighted by atomic mass is 15.2. The van der Waals surface area contributed by atoms with E-state index in [1.807, 2.05) is 0 Å². The van der Waals surface area contributed by atoms with Crippen LogP contribution in [0.4, 0.5) is 0 Å². The number of fused-ring (bicyclic) bond motifs is 2. The summed E-state index contributed by atoms with van der Waals surface area (Å²) in [6.45, 7) is 9.55. The molecule has 0 radical (unpaired) electrons. The molecule has 0 aromatic carbocycles. The Labute approximate surface area is 88.9 Å². The Morgan fingerprint density at radius 2 is 1.79 bits per heavy atom. The summed E-state index contributed by atoms with van der Waals surface area (Å²) >= 11 is 0. The van der Waals surface area contributed by atoms with Crippen LogP contribution in [0, 0.1) is 11.8 Å². The van der Waals surface area contributed by atoms with Crippen LogP contribution in [0.5, 0.6) is 0 Å². The summed E-state index contributed by atoms with van der Waals surface area (Å²) in [5, 5.41) is 0. The summed E-state index contributed by atoms with van der Waals surface area (Å²) in [4.78, 5) is 2.82.